The smallest absolute Gasteiger partial charge is 0.367 e. The van der Waals surface area contributed by atoms with Crippen molar-refractivity contribution in [2.45, 2.75) is 38.1 Å². The van der Waals surface area contributed by atoms with E-state index in [-0.39, 0.29) is 18.1 Å². The molecular weight excluding hydrogens is 356 g/mol. The van der Waals surface area contributed by atoms with Crippen LogP contribution < -0.4 is 0 Å². The maximum absolute atomic E-state index is 12.6. The van der Waals surface area contributed by atoms with Crippen LogP contribution in [0.2, 0.25) is 0 Å². The zero-order chi connectivity index (χ0) is 19.2. The molecule has 0 bridgehead atoms. The Balaban J connectivity index is 2.25. The number of carbonyl (C=O) groups is 1. The molecule has 0 spiro atoms. The van der Waals surface area contributed by atoms with Gasteiger partial charge in [-0.3, -0.25) is 0 Å². The summed E-state index contributed by atoms with van der Waals surface area (Å²) in [4.78, 5) is 12.2. The lowest BCUT2D eigenvalue weighted by Crippen LogP contribution is -2.44. The van der Waals surface area contributed by atoms with Crippen LogP contribution in [0, 0.1) is 6.92 Å². The zero-order valence-electron chi connectivity index (χ0n) is 15.0. The summed E-state index contributed by atoms with van der Waals surface area (Å²) in [7, 11) is -4.23. The van der Waals surface area contributed by atoms with E-state index in [9.17, 15) is 13.2 Å². The molecule has 140 valence electrons. The predicted octanol–water partition coefficient (Wildman–Crippen LogP) is 3.20. The van der Waals surface area contributed by atoms with Crippen molar-refractivity contribution >= 4 is 16.1 Å². The molecule has 0 saturated heterocycles. The van der Waals surface area contributed by atoms with E-state index >= 15 is 0 Å². The Morgan fingerprint density at radius 2 is 1.65 bits per heavy atom. The molecule has 0 aromatic heterocycles. The van der Waals surface area contributed by atoms with E-state index in [1.807, 2.05) is 25.1 Å². The van der Waals surface area contributed by atoms with E-state index < -0.39 is 21.9 Å². The highest BCUT2D eigenvalue weighted by molar-refractivity contribution is 7.86. The topological polar surface area (TPSA) is 78.9 Å². The maximum Gasteiger partial charge on any atom is 0.367 e. The second-order valence-corrected chi connectivity index (χ2v) is 7.34. The molecule has 2 aromatic carbocycles. The standard InChI is InChI=1S/C19H22O6S/c1-4-23-18(20)19(3,24-14-16-8-6-5-7-9-16)25-26(21,22)17-12-10-15(2)11-13-17/h5-13H,4,14H2,1-3H3. The summed E-state index contributed by atoms with van der Waals surface area (Å²) in [6.07, 6.45) is 0. The van der Waals surface area contributed by atoms with Gasteiger partial charge in [0, 0.05) is 6.92 Å². The van der Waals surface area contributed by atoms with E-state index in [1.165, 1.54) is 19.1 Å². The Labute approximate surface area is 153 Å². The third kappa shape index (κ3) is 5.14. The van der Waals surface area contributed by atoms with Gasteiger partial charge >= 0.3 is 5.97 Å². The van der Waals surface area contributed by atoms with Crippen LogP contribution in [0.25, 0.3) is 0 Å². The normalized spacial score (nSPS) is 13.8. The molecule has 1 unspecified atom stereocenters. The van der Waals surface area contributed by atoms with Gasteiger partial charge in [0.05, 0.1) is 18.1 Å². The van der Waals surface area contributed by atoms with Gasteiger partial charge in [-0.2, -0.15) is 8.42 Å². The van der Waals surface area contributed by atoms with E-state index in [0.717, 1.165) is 11.1 Å². The average Bonchev–Trinajstić information content (AvgIpc) is 2.61. The van der Waals surface area contributed by atoms with Crippen molar-refractivity contribution in [2.75, 3.05) is 6.61 Å². The highest BCUT2D eigenvalue weighted by Crippen LogP contribution is 2.25. The van der Waals surface area contributed by atoms with E-state index in [0.29, 0.717) is 0 Å². The van der Waals surface area contributed by atoms with Gasteiger partial charge in [0.1, 0.15) is 0 Å². The Hall–Kier alpha value is -2.22. The molecule has 0 fully saturated rings. The zero-order valence-corrected chi connectivity index (χ0v) is 15.8. The molecular formula is C19H22O6S. The van der Waals surface area contributed by atoms with E-state index in [1.54, 1.807) is 31.2 Å². The fraction of sp³-hybridized carbons (Fsp3) is 0.316. The van der Waals surface area contributed by atoms with Gasteiger partial charge in [-0.25, -0.2) is 8.98 Å². The van der Waals surface area contributed by atoms with Crippen LogP contribution in [0.3, 0.4) is 0 Å². The van der Waals surface area contributed by atoms with Gasteiger partial charge in [0.25, 0.3) is 15.9 Å². The third-order valence-corrected chi connectivity index (χ3v) is 4.97. The largest absolute Gasteiger partial charge is 0.462 e. The Morgan fingerprint density at radius 3 is 2.23 bits per heavy atom. The number of esters is 1. The fourth-order valence-electron chi connectivity index (χ4n) is 2.14. The third-order valence-electron chi connectivity index (χ3n) is 3.58. The summed E-state index contributed by atoms with van der Waals surface area (Å²) >= 11 is 0. The maximum atomic E-state index is 12.6. The van der Waals surface area contributed by atoms with Crippen LogP contribution in [0.5, 0.6) is 0 Å². The van der Waals surface area contributed by atoms with Gasteiger partial charge in [-0.05, 0) is 31.5 Å². The minimum atomic E-state index is -4.23. The summed E-state index contributed by atoms with van der Waals surface area (Å²) in [6.45, 7) is 4.74. The fourth-order valence-corrected chi connectivity index (χ4v) is 3.24. The van der Waals surface area contributed by atoms with Crippen LogP contribution >= 0.6 is 0 Å². The van der Waals surface area contributed by atoms with E-state index in [4.69, 9.17) is 13.7 Å². The first-order valence-corrected chi connectivity index (χ1v) is 9.55. The van der Waals surface area contributed by atoms with Crippen molar-refractivity contribution in [3.8, 4) is 0 Å². The van der Waals surface area contributed by atoms with E-state index in [2.05, 4.69) is 0 Å². The molecule has 0 amide bonds. The molecule has 0 N–H and O–H groups in total. The molecule has 0 saturated carbocycles. The quantitative estimate of drug-likeness (QED) is 0.399. The van der Waals surface area contributed by atoms with Gasteiger partial charge in [-0.1, -0.05) is 48.0 Å². The van der Waals surface area contributed by atoms with Gasteiger partial charge in [0.2, 0.25) is 0 Å². The highest BCUT2D eigenvalue weighted by atomic mass is 32.2. The summed E-state index contributed by atoms with van der Waals surface area (Å²) in [6, 6.07) is 15.1. The molecule has 0 heterocycles. The minimum Gasteiger partial charge on any atom is -0.462 e. The summed E-state index contributed by atoms with van der Waals surface area (Å²) in [5, 5.41) is 0. The lowest BCUT2D eigenvalue weighted by atomic mass is 10.2. The number of hydrogen-bond acceptors (Lipinski definition) is 6. The monoisotopic (exact) mass is 378 g/mol. The molecule has 2 aromatic rings. The first-order valence-electron chi connectivity index (χ1n) is 8.14. The van der Waals surface area contributed by atoms with Crippen LogP contribution in [0.1, 0.15) is 25.0 Å². The Morgan fingerprint density at radius 1 is 1.04 bits per heavy atom. The molecule has 2 rings (SSSR count). The second kappa shape index (κ2) is 8.44. The van der Waals surface area contributed by atoms with Gasteiger partial charge in [-0.15, -0.1) is 0 Å². The number of benzene rings is 2. The van der Waals surface area contributed by atoms with Crippen LogP contribution in [0.15, 0.2) is 59.5 Å². The Bertz CT molecular complexity index is 830. The molecule has 7 heteroatoms. The van der Waals surface area contributed by atoms with Crippen LogP contribution in [-0.4, -0.2) is 26.8 Å². The number of hydrogen-bond donors (Lipinski definition) is 0. The second-order valence-electron chi connectivity index (χ2n) is 5.79. The number of ether oxygens (including phenoxy) is 2. The number of rotatable bonds is 8. The van der Waals surface area contributed by atoms with Crippen LogP contribution in [-0.2, 0) is 35.2 Å². The first-order chi connectivity index (χ1) is 12.3. The van der Waals surface area contributed by atoms with Crippen molar-refractivity contribution in [3.63, 3.8) is 0 Å². The first kappa shape index (κ1) is 20.1. The lowest BCUT2D eigenvalue weighted by Gasteiger charge is -2.26. The number of aryl methyl sites for hydroxylation is 1. The van der Waals surface area contributed by atoms with Gasteiger partial charge < -0.3 is 9.47 Å². The SMILES string of the molecule is CCOC(=O)C(C)(OCc1ccccc1)OS(=O)(=O)c1ccc(C)cc1. The molecule has 0 radical (unpaired) electrons. The minimum absolute atomic E-state index is 0.0143. The predicted molar refractivity (Wildman–Crippen MR) is 95.7 cm³/mol. The molecule has 26 heavy (non-hydrogen) atoms. The van der Waals surface area contributed by atoms with Crippen molar-refractivity contribution in [1.29, 1.82) is 0 Å². The average molecular weight is 378 g/mol. The summed E-state index contributed by atoms with van der Waals surface area (Å²) in [5.41, 5.74) is 1.66. The lowest BCUT2D eigenvalue weighted by molar-refractivity contribution is -0.213. The van der Waals surface area contributed by atoms with Gasteiger partial charge in [0.15, 0.2) is 0 Å². The van der Waals surface area contributed by atoms with Crippen molar-refractivity contribution in [3.05, 3.63) is 65.7 Å². The molecule has 6 nitrogen and oxygen atoms in total. The molecule has 1 atom stereocenters. The summed E-state index contributed by atoms with van der Waals surface area (Å²) < 4.78 is 40.8. The van der Waals surface area contributed by atoms with Crippen molar-refractivity contribution in [1.82, 2.24) is 0 Å². The molecule has 0 aliphatic carbocycles. The van der Waals surface area contributed by atoms with Crippen LogP contribution in [0.4, 0.5) is 0 Å². The van der Waals surface area contributed by atoms with Crippen molar-refractivity contribution < 1.29 is 26.9 Å². The Kier molecular flexibility index (Phi) is 6.52. The highest BCUT2D eigenvalue weighted by Gasteiger charge is 2.43. The summed E-state index contributed by atoms with van der Waals surface area (Å²) in [5.74, 6) is -3.01. The van der Waals surface area contributed by atoms with Crippen molar-refractivity contribution in [2.24, 2.45) is 0 Å². The number of carbonyl (C=O) groups excluding carboxylic acids is 1. The molecule has 0 aliphatic heterocycles. The molecule has 0 aliphatic rings.